The van der Waals surface area contributed by atoms with Gasteiger partial charge in [-0.15, -0.1) is 8.80 Å². The van der Waals surface area contributed by atoms with Crippen LogP contribution in [0.15, 0.2) is 43.5 Å². The topological polar surface area (TPSA) is 104 Å². The Morgan fingerprint density at radius 3 is 2.54 bits per heavy atom. The summed E-state index contributed by atoms with van der Waals surface area (Å²) in [6.07, 6.45) is 0. The zero-order valence-corrected chi connectivity index (χ0v) is 16.8. The second-order valence-corrected chi connectivity index (χ2v) is 8.24. The molecule has 0 bridgehead atoms. The van der Waals surface area contributed by atoms with Gasteiger partial charge in [-0.2, -0.15) is 0 Å². The molecule has 1 aromatic heterocycles. The molecule has 1 aliphatic rings. The van der Waals surface area contributed by atoms with Crippen molar-refractivity contribution in [1.29, 1.82) is 0 Å². The lowest BCUT2D eigenvalue weighted by Gasteiger charge is -2.30. The SMILES string of the molecule is [C-]#[N+]c1cccc(NC2=NS(=O)N=C2N[C@@H](c2ccc(C)o2)C(C)(C)C)c1O. The molecule has 2 heterocycles. The van der Waals surface area contributed by atoms with E-state index in [4.69, 9.17) is 11.0 Å². The van der Waals surface area contributed by atoms with Gasteiger partial charge in [0.2, 0.25) is 5.69 Å². The number of amidine groups is 2. The summed E-state index contributed by atoms with van der Waals surface area (Å²) in [7, 11) is 0. The number of phenols is 1. The number of nitrogens with zero attached hydrogens (tertiary/aromatic N) is 3. The molecular formula is C19H21N5O3S. The van der Waals surface area contributed by atoms with Crippen LogP contribution in [0.25, 0.3) is 4.85 Å². The molecule has 0 amide bonds. The van der Waals surface area contributed by atoms with Crippen molar-refractivity contribution in [3.63, 3.8) is 0 Å². The molecule has 2 atom stereocenters. The van der Waals surface area contributed by atoms with Crippen molar-refractivity contribution in [2.45, 2.75) is 33.7 Å². The van der Waals surface area contributed by atoms with E-state index in [1.165, 1.54) is 6.07 Å². The number of furan rings is 1. The van der Waals surface area contributed by atoms with E-state index in [9.17, 15) is 9.32 Å². The zero-order chi connectivity index (χ0) is 20.5. The van der Waals surface area contributed by atoms with Crippen LogP contribution in [0, 0.1) is 18.9 Å². The van der Waals surface area contributed by atoms with Crippen molar-refractivity contribution >= 4 is 34.2 Å². The number of nitrogens with one attached hydrogen (secondary N) is 2. The van der Waals surface area contributed by atoms with Crippen LogP contribution >= 0.6 is 0 Å². The average Bonchev–Trinajstić information content (AvgIpc) is 3.19. The van der Waals surface area contributed by atoms with Gasteiger partial charge in [-0.05, 0) is 30.5 Å². The first-order chi connectivity index (χ1) is 13.2. The Kier molecular flexibility index (Phi) is 5.25. The summed E-state index contributed by atoms with van der Waals surface area (Å²) >= 11 is -1.79. The molecule has 146 valence electrons. The first kappa shape index (κ1) is 19.6. The lowest BCUT2D eigenvalue weighted by atomic mass is 9.85. The van der Waals surface area contributed by atoms with E-state index >= 15 is 0 Å². The van der Waals surface area contributed by atoms with Crippen molar-refractivity contribution in [3.8, 4) is 5.75 Å². The first-order valence-corrected chi connectivity index (χ1v) is 9.64. The maximum atomic E-state index is 12.0. The number of rotatable bonds is 3. The minimum atomic E-state index is -1.79. The number of hydrogen-bond acceptors (Lipinski definition) is 5. The highest BCUT2D eigenvalue weighted by Crippen LogP contribution is 2.36. The van der Waals surface area contributed by atoms with Gasteiger partial charge in [0.15, 0.2) is 11.7 Å². The highest BCUT2D eigenvalue weighted by molar-refractivity contribution is 7.83. The summed E-state index contributed by atoms with van der Waals surface area (Å²) in [5.41, 5.74) is 0.144. The van der Waals surface area contributed by atoms with Crippen LogP contribution in [0.3, 0.4) is 0 Å². The Morgan fingerprint density at radius 1 is 1.21 bits per heavy atom. The van der Waals surface area contributed by atoms with E-state index in [-0.39, 0.29) is 34.4 Å². The molecule has 9 heteroatoms. The lowest BCUT2D eigenvalue weighted by molar-refractivity contribution is 0.261. The smallest absolute Gasteiger partial charge is 0.269 e. The van der Waals surface area contributed by atoms with Crippen molar-refractivity contribution in [2.24, 2.45) is 14.2 Å². The molecule has 8 nitrogen and oxygen atoms in total. The predicted molar refractivity (Wildman–Crippen MR) is 110 cm³/mol. The maximum Gasteiger partial charge on any atom is 0.269 e. The molecule has 0 saturated heterocycles. The molecule has 0 aliphatic carbocycles. The average molecular weight is 399 g/mol. The van der Waals surface area contributed by atoms with Crippen LogP contribution in [0.1, 0.15) is 38.3 Å². The normalized spacial score (nSPS) is 17.5. The maximum absolute atomic E-state index is 12.0. The molecular weight excluding hydrogens is 378 g/mol. The van der Waals surface area contributed by atoms with Gasteiger partial charge < -0.3 is 20.2 Å². The van der Waals surface area contributed by atoms with Gasteiger partial charge in [-0.1, -0.05) is 32.9 Å². The predicted octanol–water partition coefficient (Wildman–Crippen LogP) is 4.02. The minimum absolute atomic E-state index is 0.106. The van der Waals surface area contributed by atoms with Crippen molar-refractivity contribution < 1.29 is 13.7 Å². The van der Waals surface area contributed by atoms with Gasteiger partial charge in [-0.25, -0.2) is 9.05 Å². The third kappa shape index (κ3) is 4.07. The van der Waals surface area contributed by atoms with Crippen LogP contribution in [0.5, 0.6) is 5.75 Å². The van der Waals surface area contributed by atoms with E-state index in [0.717, 1.165) is 11.5 Å². The molecule has 2 aromatic rings. The quantitative estimate of drug-likeness (QED) is 0.534. The fraction of sp³-hybridized carbons (Fsp3) is 0.316. The number of benzene rings is 1. The third-order valence-electron chi connectivity index (χ3n) is 4.14. The van der Waals surface area contributed by atoms with Gasteiger partial charge in [0.25, 0.3) is 11.2 Å². The summed E-state index contributed by atoms with van der Waals surface area (Å²) in [6, 6.07) is 8.25. The monoisotopic (exact) mass is 399 g/mol. The number of aromatic hydroxyl groups is 1. The number of para-hydroxylation sites is 1. The van der Waals surface area contributed by atoms with Crippen molar-refractivity contribution in [1.82, 2.24) is 5.32 Å². The molecule has 0 fully saturated rings. The van der Waals surface area contributed by atoms with E-state index in [1.54, 1.807) is 12.1 Å². The summed E-state index contributed by atoms with van der Waals surface area (Å²) in [5, 5.41) is 16.4. The van der Waals surface area contributed by atoms with Gasteiger partial charge in [0.05, 0.1) is 18.3 Å². The lowest BCUT2D eigenvalue weighted by Crippen LogP contribution is -2.41. The Bertz CT molecular complexity index is 1030. The standard InChI is InChI=1S/C19H21N5O3S/c1-11-9-10-14(27-11)16(19(2,3)4)22-18-17(23-28(26)24-18)21-13-8-6-7-12(20-5)15(13)25/h6-10,16,25H,1-4H3,(H,21,23)(H,22,24)/t16-,28?/m0/s1. The van der Waals surface area contributed by atoms with Crippen LogP contribution in [-0.2, 0) is 11.2 Å². The molecule has 0 saturated carbocycles. The Balaban J connectivity index is 1.89. The highest BCUT2D eigenvalue weighted by atomic mass is 32.2. The summed E-state index contributed by atoms with van der Waals surface area (Å²) in [5.74, 6) is 1.82. The second kappa shape index (κ2) is 7.48. The number of hydrogen-bond donors (Lipinski definition) is 3. The molecule has 0 radical (unpaired) electrons. The molecule has 1 aliphatic heterocycles. The van der Waals surface area contributed by atoms with Gasteiger partial charge >= 0.3 is 0 Å². The summed E-state index contributed by atoms with van der Waals surface area (Å²) in [4.78, 5) is 3.26. The summed E-state index contributed by atoms with van der Waals surface area (Å²) < 4.78 is 25.8. The Hall–Kier alpha value is -3.12. The summed E-state index contributed by atoms with van der Waals surface area (Å²) in [6.45, 7) is 15.1. The van der Waals surface area contributed by atoms with Gasteiger partial charge in [-0.3, -0.25) is 0 Å². The van der Waals surface area contributed by atoms with Gasteiger partial charge in [0, 0.05) is 0 Å². The molecule has 3 rings (SSSR count). The molecule has 28 heavy (non-hydrogen) atoms. The van der Waals surface area contributed by atoms with E-state index in [1.807, 2.05) is 39.8 Å². The minimum Gasteiger partial charge on any atom is -0.517 e. The fourth-order valence-corrected chi connectivity index (χ4v) is 3.37. The molecule has 0 spiro atoms. The van der Waals surface area contributed by atoms with Crippen LogP contribution < -0.4 is 10.6 Å². The highest BCUT2D eigenvalue weighted by Gasteiger charge is 2.32. The van der Waals surface area contributed by atoms with Crippen molar-refractivity contribution in [3.05, 3.63) is 53.3 Å². The van der Waals surface area contributed by atoms with E-state index < -0.39 is 11.2 Å². The van der Waals surface area contributed by atoms with Crippen molar-refractivity contribution in [2.75, 3.05) is 5.32 Å². The van der Waals surface area contributed by atoms with E-state index in [2.05, 4.69) is 24.3 Å². The fourth-order valence-electron chi connectivity index (χ4n) is 2.75. The largest absolute Gasteiger partial charge is 0.517 e. The number of phenolic OH excluding ortho intramolecular Hbond substituents is 1. The number of aryl methyl sites for hydroxylation is 1. The first-order valence-electron chi connectivity index (χ1n) is 8.58. The zero-order valence-electron chi connectivity index (χ0n) is 16.0. The van der Waals surface area contributed by atoms with Crippen LogP contribution in [0.4, 0.5) is 11.4 Å². The van der Waals surface area contributed by atoms with E-state index in [0.29, 0.717) is 5.84 Å². The molecule has 1 unspecified atom stereocenters. The third-order valence-corrected chi connectivity index (χ3v) is 4.82. The van der Waals surface area contributed by atoms with Gasteiger partial charge in [0.1, 0.15) is 17.3 Å². The molecule has 1 aromatic carbocycles. The second-order valence-electron chi connectivity index (χ2n) is 7.41. The Morgan fingerprint density at radius 2 is 1.93 bits per heavy atom. The number of anilines is 1. The molecule has 3 N–H and O–H groups in total. The van der Waals surface area contributed by atoms with Crippen LogP contribution in [0.2, 0.25) is 0 Å². The van der Waals surface area contributed by atoms with Crippen LogP contribution in [-0.4, -0.2) is 21.0 Å². The Labute approximate surface area is 165 Å².